The van der Waals surface area contributed by atoms with Gasteiger partial charge in [0, 0.05) is 10.3 Å². The van der Waals surface area contributed by atoms with Crippen molar-refractivity contribution in [2.24, 2.45) is 5.92 Å². The molecule has 1 nitrogen and oxygen atoms in total. The average molecular weight is 258 g/mol. The maximum atomic E-state index is 6.09. The minimum absolute atomic E-state index is 0.447. The first-order chi connectivity index (χ1) is 7.84. The molecule has 0 aliphatic heterocycles. The topological polar surface area (TPSA) is 12.0 Å². The SMILES string of the molecule is ClC1CCC(CNCCc2cccs2)CC1. The summed E-state index contributed by atoms with van der Waals surface area (Å²) in [6.07, 6.45) is 6.19. The Morgan fingerprint density at radius 2 is 2.12 bits per heavy atom. The lowest BCUT2D eigenvalue weighted by Crippen LogP contribution is -2.28. The Labute approximate surface area is 107 Å². The van der Waals surface area contributed by atoms with Gasteiger partial charge in [0.15, 0.2) is 0 Å². The third-order valence-corrected chi connectivity index (χ3v) is 4.71. The third kappa shape index (κ3) is 4.08. The highest BCUT2D eigenvalue weighted by atomic mass is 35.5. The molecular weight excluding hydrogens is 238 g/mol. The molecule has 0 atom stereocenters. The molecule has 1 aromatic rings. The Bertz CT molecular complexity index is 278. The standard InChI is InChI=1S/C13H20ClNS/c14-12-5-3-11(4-6-12)10-15-8-7-13-2-1-9-16-13/h1-2,9,11-12,15H,3-8,10H2. The zero-order chi connectivity index (χ0) is 11.2. The van der Waals surface area contributed by atoms with Gasteiger partial charge in [-0.15, -0.1) is 22.9 Å². The number of hydrogen-bond donors (Lipinski definition) is 1. The zero-order valence-corrected chi connectivity index (χ0v) is 11.2. The van der Waals surface area contributed by atoms with Crippen molar-refractivity contribution in [3.05, 3.63) is 22.4 Å². The highest BCUT2D eigenvalue weighted by Gasteiger charge is 2.18. The molecular formula is C13H20ClNS. The molecule has 3 heteroatoms. The second-order valence-electron chi connectivity index (χ2n) is 4.65. The largest absolute Gasteiger partial charge is 0.316 e. The summed E-state index contributed by atoms with van der Waals surface area (Å²) in [5.41, 5.74) is 0. The van der Waals surface area contributed by atoms with Gasteiger partial charge in [0.25, 0.3) is 0 Å². The van der Waals surface area contributed by atoms with Crippen molar-refractivity contribution >= 4 is 22.9 Å². The minimum Gasteiger partial charge on any atom is -0.316 e. The van der Waals surface area contributed by atoms with Crippen LogP contribution in [0.3, 0.4) is 0 Å². The second-order valence-corrected chi connectivity index (χ2v) is 6.30. The van der Waals surface area contributed by atoms with Crippen LogP contribution in [0.1, 0.15) is 30.6 Å². The normalized spacial score (nSPS) is 25.8. The molecule has 16 heavy (non-hydrogen) atoms. The second kappa shape index (κ2) is 6.63. The van der Waals surface area contributed by atoms with Crippen molar-refractivity contribution in [3.63, 3.8) is 0 Å². The van der Waals surface area contributed by atoms with Crippen LogP contribution < -0.4 is 5.32 Å². The number of nitrogens with one attached hydrogen (secondary N) is 1. The Kier molecular flexibility index (Phi) is 5.14. The summed E-state index contributed by atoms with van der Waals surface area (Å²) in [4.78, 5) is 1.48. The number of rotatable bonds is 5. The predicted octanol–water partition coefficient (Wildman–Crippen LogP) is 3.68. The van der Waals surface area contributed by atoms with Crippen LogP contribution in [-0.4, -0.2) is 18.5 Å². The molecule has 0 saturated heterocycles. The molecule has 2 rings (SSSR count). The van der Waals surface area contributed by atoms with Crippen LogP contribution in [-0.2, 0) is 6.42 Å². The van der Waals surface area contributed by atoms with E-state index in [9.17, 15) is 0 Å². The van der Waals surface area contributed by atoms with E-state index >= 15 is 0 Å². The van der Waals surface area contributed by atoms with Gasteiger partial charge in [-0.3, -0.25) is 0 Å². The molecule has 1 saturated carbocycles. The number of halogens is 1. The number of hydrogen-bond acceptors (Lipinski definition) is 2. The molecule has 1 aromatic heterocycles. The smallest absolute Gasteiger partial charge is 0.0336 e. The van der Waals surface area contributed by atoms with Crippen LogP contribution in [0.25, 0.3) is 0 Å². The van der Waals surface area contributed by atoms with E-state index in [4.69, 9.17) is 11.6 Å². The van der Waals surface area contributed by atoms with E-state index in [2.05, 4.69) is 22.8 Å². The van der Waals surface area contributed by atoms with Crippen LogP contribution in [0, 0.1) is 5.92 Å². The van der Waals surface area contributed by atoms with Crippen molar-refractivity contribution in [2.75, 3.05) is 13.1 Å². The lowest BCUT2D eigenvalue weighted by molar-refractivity contribution is 0.347. The quantitative estimate of drug-likeness (QED) is 0.627. The number of thiophene rings is 1. The third-order valence-electron chi connectivity index (χ3n) is 3.34. The van der Waals surface area contributed by atoms with Crippen LogP contribution in [0.2, 0.25) is 0 Å². The average Bonchev–Trinajstić information content (AvgIpc) is 2.80. The summed E-state index contributed by atoms with van der Waals surface area (Å²) < 4.78 is 0. The van der Waals surface area contributed by atoms with Gasteiger partial charge >= 0.3 is 0 Å². The maximum Gasteiger partial charge on any atom is 0.0336 e. The van der Waals surface area contributed by atoms with Gasteiger partial charge in [0.2, 0.25) is 0 Å². The number of alkyl halides is 1. The van der Waals surface area contributed by atoms with Crippen molar-refractivity contribution < 1.29 is 0 Å². The molecule has 90 valence electrons. The van der Waals surface area contributed by atoms with Crippen LogP contribution in [0.4, 0.5) is 0 Å². The first kappa shape index (κ1) is 12.4. The maximum absolute atomic E-state index is 6.09. The fraction of sp³-hybridized carbons (Fsp3) is 0.692. The minimum atomic E-state index is 0.447. The van der Waals surface area contributed by atoms with E-state index in [-0.39, 0.29) is 0 Å². The molecule has 1 aliphatic rings. The highest BCUT2D eigenvalue weighted by Crippen LogP contribution is 2.26. The van der Waals surface area contributed by atoms with Crippen molar-refractivity contribution in [3.8, 4) is 0 Å². The summed E-state index contributed by atoms with van der Waals surface area (Å²) in [7, 11) is 0. The molecule has 1 heterocycles. The molecule has 0 unspecified atom stereocenters. The Hall–Kier alpha value is -0.0500. The molecule has 1 N–H and O–H groups in total. The van der Waals surface area contributed by atoms with Gasteiger partial charge in [-0.2, -0.15) is 0 Å². The lowest BCUT2D eigenvalue weighted by atomic mass is 9.89. The van der Waals surface area contributed by atoms with E-state index in [1.807, 2.05) is 11.3 Å². The summed E-state index contributed by atoms with van der Waals surface area (Å²) in [5, 5.41) is 6.17. The Morgan fingerprint density at radius 1 is 1.31 bits per heavy atom. The van der Waals surface area contributed by atoms with Gasteiger partial charge in [-0.25, -0.2) is 0 Å². The fourth-order valence-electron chi connectivity index (χ4n) is 2.30. The fourth-order valence-corrected chi connectivity index (χ4v) is 3.26. The van der Waals surface area contributed by atoms with Crippen LogP contribution >= 0.6 is 22.9 Å². The summed E-state index contributed by atoms with van der Waals surface area (Å²) >= 11 is 7.94. The van der Waals surface area contributed by atoms with Gasteiger partial charge in [-0.05, 0) is 62.6 Å². The van der Waals surface area contributed by atoms with Gasteiger partial charge in [0.05, 0.1) is 0 Å². The monoisotopic (exact) mass is 257 g/mol. The molecule has 0 radical (unpaired) electrons. The van der Waals surface area contributed by atoms with E-state index < -0.39 is 0 Å². The highest BCUT2D eigenvalue weighted by molar-refractivity contribution is 7.09. The molecule has 1 fully saturated rings. The summed E-state index contributed by atoms with van der Waals surface area (Å²) in [6.45, 7) is 2.29. The molecule has 0 aromatic carbocycles. The van der Waals surface area contributed by atoms with E-state index in [1.165, 1.54) is 43.5 Å². The molecule has 1 aliphatic carbocycles. The van der Waals surface area contributed by atoms with Gasteiger partial charge < -0.3 is 5.32 Å². The molecule has 0 spiro atoms. The van der Waals surface area contributed by atoms with E-state index in [0.29, 0.717) is 5.38 Å². The van der Waals surface area contributed by atoms with E-state index in [0.717, 1.165) is 12.5 Å². The summed E-state index contributed by atoms with van der Waals surface area (Å²) in [5.74, 6) is 0.860. The van der Waals surface area contributed by atoms with Crippen molar-refractivity contribution in [1.29, 1.82) is 0 Å². The first-order valence-corrected chi connectivity index (χ1v) is 7.53. The van der Waals surface area contributed by atoms with Crippen molar-refractivity contribution in [1.82, 2.24) is 5.32 Å². The molecule has 0 bridgehead atoms. The lowest BCUT2D eigenvalue weighted by Gasteiger charge is -2.25. The Morgan fingerprint density at radius 3 is 2.81 bits per heavy atom. The zero-order valence-electron chi connectivity index (χ0n) is 9.62. The van der Waals surface area contributed by atoms with Gasteiger partial charge in [-0.1, -0.05) is 6.07 Å². The van der Waals surface area contributed by atoms with Crippen molar-refractivity contribution in [2.45, 2.75) is 37.5 Å². The molecule has 0 amide bonds. The van der Waals surface area contributed by atoms with Crippen LogP contribution in [0.15, 0.2) is 17.5 Å². The Balaban J connectivity index is 1.55. The predicted molar refractivity (Wildman–Crippen MR) is 72.5 cm³/mol. The first-order valence-electron chi connectivity index (χ1n) is 6.22. The van der Waals surface area contributed by atoms with Gasteiger partial charge in [0.1, 0.15) is 0 Å². The summed E-state index contributed by atoms with van der Waals surface area (Å²) in [6, 6.07) is 4.34. The van der Waals surface area contributed by atoms with E-state index in [1.54, 1.807) is 0 Å². The van der Waals surface area contributed by atoms with Crippen LogP contribution in [0.5, 0.6) is 0 Å².